The summed E-state index contributed by atoms with van der Waals surface area (Å²) in [7, 11) is -3.03. The van der Waals surface area contributed by atoms with Crippen molar-refractivity contribution in [2.24, 2.45) is 0 Å². The topological polar surface area (TPSA) is 101 Å². The summed E-state index contributed by atoms with van der Waals surface area (Å²) in [6.45, 7) is 4.10. The first-order valence-corrected chi connectivity index (χ1v) is 10.6. The molecule has 0 aliphatic carbocycles. The summed E-state index contributed by atoms with van der Waals surface area (Å²) in [5.74, 6) is 0.106. The molecule has 134 valence electrons. The zero-order chi connectivity index (χ0) is 18.1. The van der Waals surface area contributed by atoms with Crippen molar-refractivity contribution in [3.63, 3.8) is 0 Å². The summed E-state index contributed by atoms with van der Waals surface area (Å²) in [5, 5.41) is 14.7. The molecule has 1 aromatic carbocycles. The van der Waals surface area contributed by atoms with E-state index in [4.69, 9.17) is 0 Å². The van der Waals surface area contributed by atoms with E-state index < -0.39 is 15.9 Å². The van der Waals surface area contributed by atoms with Gasteiger partial charge in [-0.25, -0.2) is 13.2 Å². The number of carbonyl (C=O) groups is 1. The fraction of sp³-hybridized carbons (Fsp3) is 0.438. The number of hydrogen-bond donors (Lipinski definition) is 2. The van der Waals surface area contributed by atoms with Crippen LogP contribution in [0, 0.1) is 0 Å². The molecular formula is C16H20N4O3S2. The van der Waals surface area contributed by atoms with E-state index >= 15 is 0 Å². The largest absolute Gasteiger partial charge is 0.334 e. The van der Waals surface area contributed by atoms with Crippen LogP contribution >= 0.6 is 11.3 Å². The lowest BCUT2D eigenvalue weighted by Gasteiger charge is -2.21. The average Bonchev–Trinajstić information content (AvgIpc) is 3.15. The van der Waals surface area contributed by atoms with Gasteiger partial charge in [0.2, 0.25) is 5.13 Å². The highest BCUT2D eigenvalue weighted by Gasteiger charge is 2.30. The van der Waals surface area contributed by atoms with E-state index in [0.29, 0.717) is 11.6 Å². The minimum absolute atomic E-state index is 0.0111. The number of urea groups is 1. The van der Waals surface area contributed by atoms with E-state index in [1.807, 2.05) is 30.3 Å². The Morgan fingerprint density at radius 2 is 1.96 bits per heavy atom. The van der Waals surface area contributed by atoms with Gasteiger partial charge in [0.15, 0.2) is 9.84 Å². The normalized spacial score (nSPS) is 19.5. The number of rotatable bonds is 4. The number of anilines is 1. The minimum Gasteiger partial charge on any atom is -0.334 e. The van der Waals surface area contributed by atoms with Crippen LogP contribution < -0.4 is 10.6 Å². The number of benzene rings is 1. The fourth-order valence-corrected chi connectivity index (χ4v) is 5.27. The third kappa shape index (κ3) is 4.16. The quantitative estimate of drug-likeness (QED) is 0.846. The molecule has 7 nitrogen and oxygen atoms in total. The Morgan fingerprint density at radius 3 is 2.60 bits per heavy atom. The smallest absolute Gasteiger partial charge is 0.321 e. The van der Waals surface area contributed by atoms with Crippen molar-refractivity contribution in [1.29, 1.82) is 0 Å². The number of nitrogens with one attached hydrogen (secondary N) is 2. The van der Waals surface area contributed by atoms with E-state index in [1.165, 1.54) is 11.3 Å². The van der Waals surface area contributed by atoms with Gasteiger partial charge < -0.3 is 5.32 Å². The number of amides is 2. The van der Waals surface area contributed by atoms with E-state index in [0.717, 1.165) is 10.6 Å². The molecule has 2 amide bonds. The van der Waals surface area contributed by atoms with Crippen LogP contribution in [0.2, 0.25) is 0 Å². The van der Waals surface area contributed by atoms with Gasteiger partial charge in [-0.15, -0.1) is 10.2 Å². The molecule has 0 bridgehead atoms. The van der Waals surface area contributed by atoms with Gasteiger partial charge in [0.25, 0.3) is 0 Å². The number of sulfone groups is 1. The zero-order valence-corrected chi connectivity index (χ0v) is 15.7. The second kappa shape index (κ2) is 6.72. The number of hydrogen-bond acceptors (Lipinski definition) is 6. The van der Waals surface area contributed by atoms with Crippen LogP contribution in [0.25, 0.3) is 0 Å². The first-order valence-electron chi connectivity index (χ1n) is 7.94. The number of nitrogens with zero attached hydrogens (tertiary/aromatic N) is 2. The molecular weight excluding hydrogens is 360 g/mol. The molecule has 3 rings (SSSR count). The Morgan fingerprint density at radius 1 is 1.24 bits per heavy atom. The molecule has 1 atom stereocenters. The maximum absolute atomic E-state index is 12.0. The minimum atomic E-state index is -3.03. The standard InChI is InChI=1S/C16H20N4O3S2/c1-16(2,11-6-4-3-5-7-11)13-19-20-15(24-13)18-14(21)17-12-8-9-25(22,23)10-12/h3-7,12H,8-10H2,1-2H3,(H2,17,18,20,21). The molecule has 0 radical (unpaired) electrons. The summed E-state index contributed by atoms with van der Waals surface area (Å²) in [4.78, 5) is 12.0. The summed E-state index contributed by atoms with van der Waals surface area (Å²) >= 11 is 1.31. The van der Waals surface area contributed by atoms with Gasteiger partial charge in [-0.1, -0.05) is 41.7 Å². The first-order chi connectivity index (χ1) is 11.8. The average molecular weight is 380 g/mol. The summed E-state index contributed by atoms with van der Waals surface area (Å²) in [6.07, 6.45) is 0.443. The Balaban J connectivity index is 1.65. The maximum Gasteiger partial charge on any atom is 0.321 e. The molecule has 1 fully saturated rings. The van der Waals surface area contributed by atoms with Crippen LogP contribution in [-0.4, -0.2) is 42.2 Å². The van der Waals surface area contributed by atoms with Gasteiger partial charge in [0, 0.05) is 11.5 Å². The van der Waals surface area contributed by atoms with Gasteiger partial charge in [-0.05, 0) is 25.8 Å². The molecule has 1 aliphatic rings. The van der Waals surface area contributed by atoms with Crippen LogP contribution in [0.5, 0.6) is 0 Å². The van der Waals surface area contributed by atoms with Crippen LogP contribution in [0.15, 0.2) is 30.3 Å². The van der Waals surface area contributed by atoms with Crippen LogP contribution in [0.4, 0.5) is 9.93 Å². The van der Waals surface area contributed by atoms with E-state index in [2.05, 4.69) is 34.7 Å². The molecule has 25 heavy (non-hydrogen) atoms. The lowest BCUT2D eigenvalue weighted by Crippen LogP contribution is -2.38. The molecule has 1 aromatic heterocycles. The predicted octanol–water partition coefficient (Wildman–Crippen LogP) is 2.17. The third-order valence-corrected chi connectivity index (χ3v) is 7.17. The van der Waals surface area contributed by atoms with Gasteiger partial charge in [-0.2, -0.15) is 0 Å². The van der Waals surface area contributed by atoms with Crippen LogP contribution in [-0.2, 0) is 15.3 Å². The van der Waals surface area contributed by atoms with Crippen molar-refractivity contribution in [3.05, 3.63) is 40.9 Å². The van der Waals surface area contributed by atoms with Crippen molar-refractivity contribution < 1.29 is 13.2 Å². The second-order valence-corrected chi connectivity index (χ2v) is 9.81. The van der Waals surface area contributed by atoms with Crippen molar-refractivity contribution in [1.82, 2.24) is 15.5 Å². The van der Waals surface area contributed by atoms with Crippen LogP contribution in [0.1, 0.15) is 30.8 Å². The summed E-state index contributed by atoms with van der Waals surface area (Å²) in [6, 6.07) is 9.16. The molecule has 0 saturated carbocycles. The van der Waals surface area contributed by atoms with Crippen molar-refractivity contribution in [2.75, 3.05) is 16.8 Å². The van der Waals surface area contributed by atoms with Gasteiger partial charge in [-0.3, -0.25) is 5.32 Å². The molecule has 1 saturated heterocycles. The van der Waals surface area contributed by atoms with E-state index in [1.54, 1.807) is 0 Å². The first kappa shape index (κ1) is 17.8. The van der Waals surface area contributed by atoms with Crippen molar-refractivity contribution >= 4 is 32.3 Å². The number of carbonyl (C=O) groups excluding carboxylic acids is 1. The van der Waals surface area contributed by atoms with Crippen molar-refractivity contribution in [2.45, 2.75) is 31.7 Å². The monoisotopic (exact) mass is 380 g/mol. The maximum atomic E-state index is 12.0. The number of aromatic nitrogens is 2. The van der Waals surface area contributed by atoms with Gasteiger partial charge in [0.05, 0.1) is 11.5 Å². The Bertz CT molecular complexity index is 863. The molecule has 9 heteroatoms. The highest BCUT2D eigenvalue weighted by Crippen LogP contribution is 2.34. The van der Waals surface area contributed by atoms with Gasteiger partial charge in [0.1, 0.15) is 5.01 Å². The molecule has 2 N–H and O–H groups in total. The summed E-state index contributed by atoms with van der Waals surface area (Å²) < 4.78 is 22.9. The lowest BCUT2D eigenvalue weighted by atomic mass is 9.85. The highest BCUT2D eigenvalue weighted by atomic mass is 32.2. The van der Waals surface area contributed by atoms with E-state index in [-0.39, 0.29) is 23.0 Å². The lowest BCUT2D eigenvalue weighted by molar-refractivity contribution is 0.249. The molecule has 1 unspecified atom stereocenters. The molecule has 0 spiro atoms. The van der Waals surface area contributed by atoms with Crippen LogP contribution in [0.3, 0.4) is 0 Å². The fourth-order valence-electron chi connectivity index (χ4n) is 2.73. The molecule has 2 heterocycles. The Kier molecular flexibility index (Phi) is 4.79. The summed E-state index contributed by atoms with van der Waals surface area (Å²) in [5.41, 5.74) is 0.785. The van der Waals surface area contributed by atoms with Gasteiger partial charge >= 0.3 is 6.03 Å². The SMILES string of the molecule is CC(C)(c1ccccc1)c1nnc(NC(=O)NC2CCS(=O)(=O)C2)s1. The molecule has 1 aliphatic heterocycles. The third-order valence-electron chi connectivity index (χ3n) is 4.24. The Labute approximate surface area is 150 Å². The zero-order valence-electron chi connectivity index (χ0n) is 14.0. The Hall–Kier alpha value is -2.00. The van der Waals surface area contributed by atoms with E-state index in [9.17, 15) is 13.2 Å². The predicted molar refractivity (Wildman–Crippen MR) is 97.7 cm³/mol. The van der Waals surface area contributed by atoms with Crippen molar-refractivity contribution in [3.8, 4) is 0 Å². The highest BCUT2D eigenvalue weighted by molar-refractivity contribution is 7.91. The second-order valence-electron chi connectivity index (χ2n) is 6.60. The molecule has 2 aromatic rings.